The molecular weight excluding hydrogens is 340 g/mol. The lowest BCUT2D eigenvalue weighted by molar-refractivity contribution is -0.116. The largest absolute Gasteiger partial charge is 0.385 e. The minimum Gasteiger partial charge on any atom is -0.385 e. The molecule has 0 saturated carbocycles. The minimum absolute atomic E-state index is 0.0220. The lowest BCUT2D eigenvalue weighted by atomic mass is 10.2. The van der Waals surface area contributed by atoms with Crippen molar-refractivity contribution in [1.29, 1.82) is 0 Å². The van der Waals surface area contributed by atoms with Gasteiger partial charge in [0.1, 0.15) is 0 Å². The first-order valence-corrected chi connectivity index (χ1v) is 9.36. The summed E-state index contributed by atoms with van der Waals surface area (Å²) in [6, 6.07) is 15.4. The third-order valence-electron chi connectivity index (χ3n) is 4.51. The van der Waals surface area contributed by atoms with Crippen LogP contribution in [0.3, 0.4) is 0 Å². The lowest BCUT2D eigenvalue weighted by Gasteiger charge is -2.17. The van der Waals surface area contributed by atoms with E-state index in [1.807, 2.05) is 36.4 Å². The van der Waals surface area contributed by atoms with Crippen LogP contribution in [0.5, 0.6) is 0 Å². The second-order valence-electron chi connectivity index (χ2n) is 6.72. The number of carbonyl (C=O) groups is 2. The van der Waals surface area contributed by atoms with Gasteiger partial charge in [-0.25, -0.2) is 0 Å². The van der Waals surface area contributed by atoms with Gasteiger partial charge in [0.2, 0.25) is 11.8 Å². The molecule has 6 heteroatoms. The van der Waals surface area contributed by atoms with E-state index in [0.29, 0.717) is 13.0 Å². The summed E-state index contributed by atoms with van der Waals surface area (Å²) in [5.74, 6) is -0.118. The van der Waals surface area contributed by atoms with E-state index in [4.69, 9.17) is 0 Å². The first-order chi connectivity index (χ1) is 13.1. The van der Waals surface area contributed by atoms with Crippen LogP contribution in [-0.4, -0.2) is 31.4 Å². The summed E-state index contributed by atoms with van der Waals surface area (Å²) in [6.45, 7) is 4.24. The molecule has 0 aliphatic carbocycles. The van der Waals surface area contributed by atoms with Crippen molar-refractivity contribution in [2.75, 3.05) is 40.5 Å². The van der Waals surface area contributed by atoms with Gasteiger partial charge >= 0.3 is 0 Å². The fraction of sp³-hybridized carbons (Fsp3) is 0.333. The molecule has 3 N–H and O–H groups in total. The van der Waals surface area contributed by atoms with Gasteiger partial charge in [0.15, 0.2) is 0 Å². The van der Waals surface area contributed by atoms with Gasteiger partial charge in [0.25, 0.3) is 0 Å². The van der Waals surface area contributed by atoms with Crippen LogP contribution in [-0.2, 0) is 9.59 Å². The number of amides is 2. The van der Waals surface area contributed by atoms with E-state index in [0.717, 1.165) is 30.2 Å². The molecule has 0 atom stereocenters. The molecule has 1 fully saturated rings. The van der Waals surface area contributed by atoms with E-state index >= 15 is 0 Å². The Morgan fingerprint density at radius 3 is 2.04 bits per heavy atom. The van der Waals surface area contributed by atoms with Crippen LogP contribution in [0.4, 0.5) is 22.7 Å². The number of hydrogen-bond acceptors (Lipinski definition) is 4. The molecule has 27 heavy (non-hydrogen) atoms. The Bertz CT molecular complexity index is 766. The van der Waals surface area contributed by atoms with E-state index < -0.39 is 0 Å². The molecule has 142 valence electrons. The number of nitrogens with zero attached hydrogens (tertiary/aromatic N) is 1. The Morgan fingerprint density at radius 1 is 0.852 bits per heavy atom. The summed E-state index contributed by atoms with van der Waals surface area (Å²) in [7, 11) is 0. The summed E-state index contributed by atoms with van der Waals surface area (Å²) in [5, 5.41) is 8.86. The SMILES string of the molecule is CC(=O)Nc1ccc(NCCC(=O)Nc2ccc(N3CCCC3)cc2)cc1. The topological polar surface area (TPSA) is 73.5 Å². The molecule has 0 spiro atoms. The second-order valence-corrected chi connectivity index (χ2v) is 6.72. The van der Waals surface area contributed by atoms with Crippen molar-refractivity contribution in [3.05, 3.63) is 48.5 Å². The number of rotatable bonds is 7. The molecule has 1 saturated heterocycles. The lowest BCUT2D eigenvalue weighted by Crippen LogP contribution is -2.18. The molecule has 2 aromatic rings. The molecule has 1 aliphatic heterocycles. The van der Waals surface area contributed by atoms with E-state index in [2.05, 4.69) is 33.0 Å². The predicted octanol–water partition coefficient (Wildman–Crippen LogP) is 3.69. The fourth-order valence-corrected chi connectivity index (χ4v) is 3.15. The Hall–Kier alpha value is -3.02. The predicted molar refractivity (Wildman–Crippen MR) is 110 cm³/mol. The molecule has 0 bridgehead atoms. The monoisotopic (exact) mass is 366 g/mol. The van der Waals surface area contributed by atoms with Gasteiger partial charge in [-0.3, -0.25) is 9.59 Å². The van der Waals surface area contributed by atoms with E-state index in [-0.39, 0.29) is 11.8 Å². The van der Waals surface area contributed by atoms with E-state index in [1.54, 1.807) is 0 Å². The molecule has 6 nitrogen and oxygen atoms in total. The quantitative estimate of drug-likeness (QED) is 0.699. The van der Waals surface area contributed by atoms with Gasteiger partial charge in [0.05, 0.1) is 0 Å². The number of carbonyl (C=O) groups excluding carboxylic acids is 2. The zero-order valence-electron chi connectivity index (χ0n) is 15.6. The second kappa shape index (κ2) is 9.07. The average Bonchev–Trinajstić information content (AvgIpc) is 3.18. The minimum atomic E-state index is -0.0964. The maximum atomic E-state index is 12.1. The summed E-state index contributed by atoms with van der Waals surface area (Å²) >= 11 is 0. The highest BCUT2D eigenvalue weighted by Gasteiger charge is 2.12. The number of anilines is 4. The third kappa shape index (κ3) is 5.74. The van der Waals surface area contributed by atoms with Crippen molar-refractivity contribution in [2.24, 2.45) is 0 Å². The molecule has 2 aromatic carbocycles. The molecule has 1 aliphatic rings. The average molecular weight is 366 g/mol. The number of hydrogen-bond donors (Lipinski definition) is 3. The molecule has 0 unspecified atom stereocenters. The normalized spacial score (nSPS) is 13.3. The molecule has 1 heterocycles. The zero-order valence-corrected chi connectivity index (χ0v) is 15.6. The van der Waals surface area contributed by atoms with Gasteiger partial charge in [-0.2, -0.15) is 0 Å². The van der Waals surface area contributed by atoms with Crippen LogP contribution in [0.15, 0.2) is 48.5 Å². The van der Waals surface area contributed by atoms with Crippen LogP contribution in [0.1, 0.15) is 26.2 Å². The third-order valence-corrected chi connectivity index (χ3v) is 4.51. The number of benzene rings is 2. The fourth-order valence-electron chi connectivity index (χ4n) is 3.15. The molecule has 0 radical (unpaired) electrons. The van der Waals surface area contributed by atoms with Crippen LogP contribution >= 0.6 is 0 Å². The molecular formula is C21H26N4O2. The summed E-state index contributed by atoms with van der Waals surface area (Å²) in [6.07, 6.45) is 2.88. The van der Waals surface area contributed by atoms with Crippen LogP contribution in [0.2, 0.25) is 0 Å². The summed E-state index contributed by atoms with van der Waals surface area (Å²) in [5.41, 5.74) is 3.70. The van der Waals surface area contributed by atoms with Crippen LogP contribution in [0, 0.1) is 0 Å². The zero-order chi connectivity index (χ0) is 19.1. The van der Waals surface area contributed by atoms with Gasteiger partial charge in [-0.05, 0) is 61.4 Å². The maximum absolute atomic E-state index is 12.1. The smallest absolute Gasteiger partial charge is 0.226 e. The molecule has 3 rings (SSSR count). The van der Waals surface area contributed by atoms with Crippen molar-refractivity contribution >= 4 is 34.6 Å². The summed E-state index contributed by atoms with van der Waals surface area (Å²) in [4.78, 5) is 25.5. The van der Waals surface area contributed by atoms with Gasteiger partial charge in [0, 0.05) is 55.7 Å². The highest BCUT2D eigenvalue weighted by Crippen LogP contribution is 2.22. The Balaban J connectivity index is 1.41. The maximum Gasteiger partial charge on any atom is 0.226 e. The van der Waals surface area contributed by atoms with Crippen molar-refractivity contribution in [2.45, 2.75) is 26.2 Å². The molecule has 0 aromatic heterocycles. The van der Waals surface area contributed by atoms with Crippen LogP contribution in [0.25, 0.3) is 0 Å². The van der Waals surface area contributed by atoms with E-state index in [9.17, 15) is 9.59 Å². The van der Waals surface area contributed by atoms with Crippen LogP contribution < -0.4 is 20.9 Å². The highest BCUT2D eigenvalue weighted by atomic mass is 16.2. The first kappa shape index (κ1) is 18.8. The van der Waals surface area contributed by atoms with Gasteiger partial charge < -0.3 is 20.9 Å². The molecule has 2 amide bonds. The van der Waals surface area contributed by atoms with Crippen molar-refractivity contribution in [3.8, 4) is 0 Å². The standard InChI is InChI=1S/C21H26N4O2/c1-16(26)23-18-6-4-17(5-7-18)22-13-12-21(27)24-19-8-10-20(11-9-19)25-14-2-3-15-25/h4-11,22H,2-3,12-15H2,1H3,(H,23,26)(H,24,27). The number of nitrogens with one attached hydrogen (secondary N) is 3. The first-order valence-electron chi connectivity index (χ1n) is 9.36. The van der Waals surface area contributed by atoms with Crippen molar-refractivity contribution in [3.63, 3.8) is 0 Å². The highest BCUT2D eigenvalue weighted by molar-refractivity contribution is 5.91. The van der Waals surface area contributed by atoms with Gasteiger partial charge in [-0.1, -0.05) is 0 Å². The van der Waals surface area contributed by atoms with Gasteiger partial charge in [-0.15, -0.1) is 0 Å². The Kier molecular flexibility index (Phi) is 6.30. The van der Waals surface area contributed by atoms with E-state index in [1.165, 1.54) is 25.5 Å². The Labute approximate surface area is 159 Å². The summed E-state index contributed by atoms with van der Waals surface area (Å²) < 4.78 is 0. The van der Waals surface area contributed by atoms with Crippen molar-refractivity contribution < 1.29 is 9.59 Å². The Morgan fingerprint density at radius 2 is 1.41 bits per heavy atom. The van der Waals surface area contributed by atoms with Crippen molar-refractivity contribution in [1.82, 2.24) is 0 Å².